The van der Waals surface area contributed by atoms with Gasteiger partial charge in [-0.05, 0) is 42.4 Å². The molecule has 58 valence electrons. The lowest BCUT2D eigenvalue weighted by Crippen LogP contribution is -1.87. The van der Waals surface area contributed by atoms with Crippen molar-refractivity contribution < 1.29 is 0 Å². The second kappa shape index (κ2) is 2.37. The first-order valence-corrected chi connectivity index (χ1v) is 4.37. The van der Waals surface area contributed by atoms with E-state index in [1.54, 1.807) is 11.1 Å². The summed E-state index contributed by atoms with van der Waals surface area (Å²) in [5.74, 6) is 0.796. The molecule has 0 spiro atoms. The van der Waals surface area contributed by atoms with Crippen molar-refractivity contribution in [3.8, 4) is 0 Å². The SMILES string of the molecule is Cc1cccc2c1CCC2C. The highest BCUT2D eigenvalue weighted by Gasteiger charge is 2.18. The zero-order valence-electron chi connectivity index (χ0n) is 7.22. The summed E-state index contributed by atoms with van der Waals surface area (Å²) in [4.78, 5) is 0. The van der Waals surface area contributed by atoms with Crippen LogP contribution in [-0.4, -0.2) is 0 Å². The molecule has 0 saturated carbocycles. The second-order valence-electron chi connectivity index (χ2n) is 3.58. The fraction of sp³-hybridized carbons (Fsp3) is 0.455. The molecular weight excluding hydrogens is 132 g/mol. The van der Waals surface area contributed by atoms with Gasteiger partial charge in [0, 0.05) is 0 Å². The molecule has 0 radical (unpaired) electrons. The number of hydrogen-bond donors (Lipinski definition) is 0. The molecule has 0 fully saturated rings. The maximum atomic E-state index is 2.32. The smallest absolute Gasteiger partial charge is 0.0184 e. The van der Waals surface area contributed by atoms with E-state index in [-0.39, 0.29) is 0 Å². The average molecular weight is 146 g/mol. The van der Waals surface area contributed by atoms with Gasteiger partial charge >= 0.3 is 0 Å². The summed E-state index contributed by atoms with van der Waals surface area (Å²) in [7, 11) is 0. The summed E-state index contributed by atoms with van der Waals surface area (Å²) < 4.78 is 0. The van der Waals surface area contributed by atoms with Crippen LogP contribution < -0.4 is 0 Å². The van der Waals surface area contributed by atoms with E-state index in [0.29, 0.717) is 0 Å². The number of hydrogen-bond acceptors (Lipinski definition) is 0. The summed E-state index contributed by atoms with van der Waals surface area (Å²) in [6.45, 7) is 4.54. The minimum Gasteiger partial charge on any atom is -0.0617 e. The number of rotatable bonds is 0. The lowest BCUT2D eigenvalue weighted by atomic mass is 10.0. The zero-order valence-corrected chi connectivity index (χ0v) is 7.22. The Morgan fingerprint density at radius 3 is 2.91 bits per heavy atom. The molecule has 0 amide bonds. The standard InChI is InChI=1S/C11H14/c1-8-4-3-5-10-9(2)6-7-11(8)10/h3-5,9H,6-7H2,1-2H3. The summed E-state index contributed by atoms with van der Waals surface area (Å²) >= 11 is 0. The van der Waals surface area contributed by atoms with Crippen LogP contribution >= 0.6 is 0 Å². The fourth-order valence-corrected chi connectivity index (χ4v) is 2.04. The molecule has 0 heteroatoms. The average Bonchev–Trinajstić information content (AvgIpc) is 2.35. The van der Waals surface area contributed by atoms with Crippen molar-refractivity contribution in [1.82, 2.24) is 0 Å². The molecule has 1 aromatic carbocycles. The molecule has 2 rings (SSSR count). The minimum absolute atomic E-state index is 0.796. The van der Waals surface area contributed by atoms with Crippen molar-refractivity contribution >= 4 is 0 Å². The highest BCUT2D eigenvalue weighted by Crippen LogP contribution is 2.33. The van der Waals surface area contributed by atoms with Crippen LogP contribution in [0.4, 0.5) is 0 Å². The van der Waals surface area contributed by atoms with E-state index in [1.807, 2.05) is 0 Å². The van der Waals surface area contributed by atoms with Gasteiger partial charge in [-0.2, -0.15) is 0 Å². The lowest BCUT2D eigenvalue weighted by Gasteiger charge is -2.04. The van der Waals surface area contributed by atoms with Crippen LogP contribution in [0, 0.1) is 6.92 Å². The maximum Gasteiger partial charge on any atom is -0.0184 e. The van der Waals surface area contributed by atoms with Crippen LogP contribution in [0.2, 0.25) is 0 Å². The van der Waals surface area contributed by atoms with Gasteiger partial charge < -0.3 is 0 Å². The van der Waals surface area contributed by atoms with Crippen molar-refractivity contribution in [1.29, 1.82) is 0 Å². The molecule has 0 nitrogen and oxygen atoms in total. The van der Waals surface area contributed by atoms with Gasteiger partial charge in [-0.3, -0.25) is 0 Å². The quantitative estimate of drug-likeness (QED) is 0.527. The summed E-state index contributed by atoms with van der Waals surface area (Å²) in [5, 5.41) is 0. The van der Waals surface area contributed by atoms with E-state index in [1.165, 1.54) is 18.4 Å². The van der Waals surface area contributed by atoms with Crippen molar-refractivity contribution in [3.05, 3.63) is 34.9 Å². The number of benzene rings is 1. The van der Waals surface area contributed by atoms with Gasteiger partial charge in [-0.1, -0.05) is 25.1 Å². The molecule has 1 aromatic rings. The van der Waals surface area contributed by atoms with E-state index in [9.17, 15) is 0 Å². The molecule has 1 aliphatic carbocycles. The summed E-state index contributed by atoms with van der Waals surface area (Å²) in [6, 6.07) is 6.67. The van der Waals surface area contributed by atoms with E-state index >= 15 is 0 Å². The molecule has 0 N–H and O–H groups in total. The van der Waals surface area contributed by atoms with Crippen molar-refractivity contribution in [3.63, 3.8) is 0 Å². The van der Waals surface area contributed by atoms with Gasteiger partial charge in [-0.15, -0.1) is 0 Å². The Morgan fingerprint density at radius 2 is 2.18 bits per heavy atom. The van der Waals surface area contributed by atoms with Crippen LogP contribution in [0.3, 0.4) is 0 Å². The van der Waals surface area contributed by atoms with Crippen LogP contribution in [0.25, 0.3) is 0 Å². The van der Waals surface area contributed by atoms with Gasteiger partial charge in [0.05, 0.1) is 0 Å². The number of aryl methyl sites for hydroxylation is 1. The monoisotopic (exact) mass is 146 g/mol. The minimum atomic E-state index is 0.796. The Balaban J connectivity index is 2.57. The summed E-state index contributed by atoms with van der Waals surface area (Å²) in [5.41, 5.74) is 4.68. The third kappa shape index (κ3) is 0.973. The van der Waals surface area contributed by atoms with Gasteiger partial charge in [0.25, 0.3) is 0 Å². The Morgan fingerprint density at radius 1 is 1.36 bits per heavy atom. The van der Waals surface area contributed by atoms with E-state index < -0.39 is 0 Å². The van der Waals surface area contributed by atoms with Crippen LogP contribution in [0.15, 0.2) is 18.2 Å². The topological polar surface area (TPSA) is 0 Å². The first-order chi connectivity index (χ1) is 5.29. The van der Waals surface area contributed by atoms with Gasteiger partial charge in [-0.25, -0.2) is 0 Å². The molecule has 0 bridgehead atoms. The van der Waals surface area contributed by atoms with Crippen molar-refractivity contribution in [2.45, 2.75) is 32.6 Å². The molecule has 1 unspecified atom stereocenters. The van der Waals surface area contributed by atoms with Gasteiger partial charge in [0.2, 0.25) is 0 Å². The molecule has 0 heterocycles. The first kappa shape index (κ1) is 6.90. The van der Waals surface area contributed by atoms with Gasteiger partial charge in [0.15, 0.2) is 0 Å². The zero-order chi connectivity index (χ0) is 7.84. The van der Waals surface area contributed by atoms with Crippen LogP contribution in [-0.2, 0) is 6.42 Å². The highest BCUT2D eigenvalue weighted by molar-refractivity contribution is 5.39. The largest absolute Gasteiger partial charge is 0.0617 e. The Bertz CT molecular complexity index is 273. The third-order valence-corrected chi connectivity index (χ3v) is 2.80. The van der Waals surface area contributed by atoms with E-state index in [0.717, 1.165) is 5.92 Å². The predicted molar refractivity (Wildman–Crippen MR) is 47.9 cm³/mol. The molecule has 0 aromatic heterocycles. The second-order valence-corrected chi connectivity index (χ2v) is 3.58. The normalized spacial score (nSPS) is 21.8. The van der Waals surface area contributed by atoms with Gasteiger partial charge in [0.1, 0.15) is 0 Å². The van der Waals surface area contributed by atoms with Crippen LogP contribution in [0.1, 0.15) is 36.0 Å². The van der Waals surface area contributed by atoms with Crippen LogP contribution in [0.5, 0.6) is 0 Å². The Kier molecular flexibility index (Phi) is 1.49. The third-order valence-electron chi connectivity index (χ3n) is 2.80. The van der Waals surface area contributed by atoms with E-state index in [2.05, 4.69) is 32.0 Å². The molecule has 1 atom stereocenters. The summed E-state index contributed by atoms with van der Waals surface area (Å²) in [6.07, 6.45) is 2.64. The molecule has 1 aliphatic rings. The first-order valence-electron chi connectivity index (χ1n) is 4.37. The Hall–Kier alpha value is -0.780. The molecule has 0 aliphatic heterocycles. The molecular formula is C11H14. The predicted octanol–water partition coefficient (Wildman–Crippen LogP) is 3.04. The maximum absolute atomic E-state index is 2.32. The Labute approximate surface area is 68.3 Å². The lowest BCUT2D eigenvalue weighted by molar-refractivity contribution is 0.747. The fourth-order valence-electron chi connectivity index (χ4n) is 2.04. The number of fused-ring (bicyclic) bond motifs is 1. The molecule has 0 saturated heterocycles. The van der Waals surface area contributed by atoms with Crippen molar-refractivity contribution in [2.24, 2.45) is 0 Å². The highest BCUT2D eigenvalue weighted by atomic mass is 14.2. The van der Waals surface area contributed by atoms with E-state index in [4.69, 9.17) is 0 Å². The molecule has 11 heavy (non-hydrogen) atoms. The van der Waals surface area contributed by atoms with Crippen molar-refractivity contribution in [2.75, 3.05) is 0 Å².